The van der Waals surface area contributed by atoms with Gasteiger partial charge in [0.05, 0.1) is 18.7 Å². The van der Waals surface area contributed by atoms with Crippen LogP contribution in [0.1, 0.15) is 13.8 Å². The van der Waals surface area contributed by atoms with Gasteiger partial charge < -0.3 is 14.0 Å². The second-order valence-corrected chi connectivity index (χ2v) is 4.24. The van der Waals surface area contributed by atoms with Gasteiger partial charge in [-0.05, 0) is 32.0 Å². The molecular formula is C16H19NO3. The van der Waals surface area contributed by atoms with Gasteiger partial charge in [-0.25, -0.2) is 4.79 Å². The van der Waals surface area contributed by atoms with E-state index in [4.69, 9.17) is 9.47 Å². The van der Waals surface area contributed by atoms with E-state index in [1.165, 1.54) is 6.08 Å². The van der Waals surface area contributed by atoms with E-state index in [0.29, 0.717) is 19.8 Å². The predicted octanol–water partition coefficient (Wildman–Crippen LogP) is 3.16. The molecule has 0 aliphatic heterocycles. The maximum atomic E-state index is 11.2. The Kier molecular flexibility index (Phi) is 4.82. The molecule has 0 bridgehead atoms. The molecule has 0 spiro atoms. The molecule has 1 aromatic carbocycles. The van der Waals surface area contributed by atoms with Crippen LogP contribution in [0.3, 0.4) is 0 Å². The van der Waals surface area contributed by atoms with Gasteiger partial charge in [0.2, 0.25) is 0 Å². The van der Waals surface area contributed by atoms with Crippen LogP contribution in [0.5, 0.6) is 5.75 Å². The highest BCUT2D eigenvalue weighted by Crippen LogP contribution is 2.26. The third kappa shape index (κ3) is 3.20. The Morgan fingerprint density at radius 2 is 2.10 bits per heavy atom. The van der Waals surface area contributed by atoms with Gasteiger partial charge in [0.15, 0.2) is 0 Å². The van der Waals surface area contributed by atoms with Gasteiger partial charge in [0, 0.05) is 24.2 Å². The molecule has 2 rings (SSSR count). The van der Waals surface area contributed by atoms with Crippen LogP contribution < -0.4 is 4.74 Å². The number of nitrogens with zero attached hydrogens (tertiary/aromatic N) is 1. The molecule has 2 aromatic rings. The second-order valence-electron chi connectivity index (χ2n) is 4.24. The first-order valence-corrected chi connectivity index (χ1v) is 6.80. The van der Waals surface area contributed by atoms with E-state index in [1.807, 2.05) is 37.4 Å². The molecule has 0 fully saturated rings. The number of hydrogen-bond donors (Lipinski definition) is 0. The molecule has 0 saturated carbocycles. The van der Waals surface area contributed by atoms with Crippen molar-refractivity contribution >= 4 is 16.9 Å². The number of benzene rings is 1. The molecule has 0 amide bonds. The SMILES string of the molecule is CCOC(=O)/C=C/Cn1ccc2c(OCC)cccc21. The van der Waals surface area contributed by atoms with Crippen molar-refractivity contribution in [3.05, 3.63) is 42.6 Å². The Morgan fingerprint density at radius 1 is 1.25 bits per heavy atom. The fourth-order valence-corrected chi connectivity index (χ4v) is 2.09. The van der Waals surface area contributed by atoms with Crippen molar-refractivity contribution in [2.45, 2.75) is 20.4 Å². The number of hydrogen-bond acceptors (Lipinski definition) is 3. The fourth-order valence-electron chi connectivity index (χ4n) is 2.09. The van der Waals surface area contributed by atoms with Crippen LogP contribution in [-0.4, -0.2) is 23.8 Å². The van der Waals surface area contributed by atoms with Crippen LogP contribution in [0.4, 0.5) is 0 Å². The average Bonchev–Trinajstić information content (AvgIpc) is 2.84. The van der Waals surface area contributed by atoms with E-state index in [0.717, 1.165) is 16.7 Å². The van der Waals surface area contributed by atoms with Crippen molar-refractivity contribution in [1.82, 2.24) is 4.57 Å². The average molecular weight is 273 g/mol. The molecule has 20 heavy (non-hydrogen) atoms. The molecule has 0 radical (unpaired) electrons. The van der Waals surface area contributed by atoms with E-state index in [-0.39, 0.29) is 5.97 Å². The normalized spacial score (nSPS) is 11.1. The largest absolute Gasteiger partial charge is 0.493 e. The molecule has 0 aliphatic carbocycles. The zero-order chi connectivity index (χ0) is 14.4. The molecule has 0 saturated heterocycles. The molecular weight excluding hydrogens is 254 g/mol. The van der Waals surface area contributed by atoms with E-state index in [9.17, 15) is 4.79 Å². The lowest BCUT2D eigenvalue weighted by molar-refractivity contribution is -0.137. The lowest BCUT2D eigenvalue weighted by Crippen LogP contribution is -2.00. The summed E-state index contributed by atoms with van der Waals surface area (Å²) in [6.07, 6.45) is 5.25. The molecule has 1 heterocycles. The van der Waals surface area contributed by atoms with Gasteiger partial charge in [-0.3, -0.25) is 0 Å². The van der Waals surface area contributed by atoms with E-state index >= 15 is 0 Å². The van der Waals surface area contributed by atoms with Crippen LogP contribution in [0, 0.1) is 0 Å². The summed E-state index contributed by atoms with van der Waals surface area (Å²) >= 11 is 0. The monoisotopic (exact) mass is 273 g/mol. The van der Waals surface area contributed by atoms with Gasteiger partial charge in [0.1, 0.15) is 5.75 Å². The Bertz CT molecular complexity index is 613. The van der Waals surface area contributed by atoms with Crippen molar-refractivity contribution in [2.75, 3.05) is 13.2 Å². The minimum Gasteiger partial charge on any atom is -0.493 e. The van der Waals surface area contributed by atoms with Crippen molar-refractivity contribution in [3.8, 4) is 5.75 Å². The summed E-state index contributed by atoms with van der Waals surface area (Å²) in [7, 11) is 0. The number of rotatable bonds is 6. The fraction of sp³-hybridized carbons (Fsp3) is 0.312. The highest BCUT2D eigenvalue weighted by molar-refractivity contribution is 5.86. The molecule has 0 atom stereocenters. The topological polar surface area (TPSA) is 40.5 Å². The summed E-state index contributed by atoms with van der Waals surface area (Å²) in [6.45, 7) is 5.43. The minimum atomic E-state index is -0.307. The molecule has 0 aliphatic rings. The Balaban J connectivity index is 2.15. The van der Waals surface area contributed by atoms with Gasteiger partial charge in [-0.1, -0.05) is 12.1 Å². The highest BCUT2D eigenvalue weighted by atomic mass is 16.5. The number of ether oxygens (including phenoxy) is 2. The predicted molar refractivity (Wildman–Crippen MR) is 78.9 cm³/mol. The first kappa shape index (κ1) is 14.2. The molecule has 4 heteroatoms. The van der Waals surface area contributed by atoms with Crippen LogP contribution in [0.15, 0.2) is 42.6 Å². The molecule has 4 nitrogen and oxygen atoms in total. The number of esters is 1. The highest BCUT2D eigenvalue weighted by Gasteiger charge is 2.05. The van der Waals surface area contributed by atoms with E-state index < -0.39 is 0 Å². The lowest BCUT2D eigenvalue weighted by atomic mass is 10.2. The maximum absolute atomic E-state index is 11.2. The third-order valence-electron chi connectivity index (χ3n) is 2.92. The third-order valence-corrected chi connectivity index (χ3v) is 2.92. The Hall–Kier alpha value is -2.23. The number of fused-ring (bicyclic) bond motifs is 1. The van der Waals surface area contributed by atoms with Gasteiger partial charge in [0.25, 0.3) is 0 Å². The number of carbonyl (C=O) groups excluding carboxylic acids is 1. The Morgan fingerprint density at radius 3 is 2.85 bits per heavy atom. The lowest BCUT2D eigenvalue weighted by Gasteiger charge is -2.06. The summed E-state index contributed by atoms with van der Waals surface area (Å²) in [5.74, 6) is 0.581. The second kappa shape index (κ2) is 6.80. The van der Waals surface area contributed by atoms with Crippen LogP contribution >= 0.6 is 0 Å². The van der Waals surface area contributed by atoms with Gasteiger partial charge >= 0.3 is 5.97 Å². The van der Waals surface area contributed by atoms with Crippen molar-refractivity contribution in [2.24, 2.45) is 0 Å². The van der Waals surface area contributed by atoms with Crippen molar-refractivity contribution in [3.63, 3.8) is 0 Å². The van der Waals surface area contributed by atoms with E-state index in [1.54, 1.807) is 13.0 Å². The van der Waals surface area contributed by atoms with Crippen LogP contribution in [-0.2, 0) is 16.1 Å². The van der Waals surface area contributed by atoms with Gasteiger partial charge in [-0.2, -0.15) is 0 Å². The number of allylic oxidation sites excluding steroid dienone is 1. The minimum absolute atomic E-state index is 0.307. The smallest absolute Gasteiger partial charge is 0.330 e. The van der Waals surface area contributed by atoms with Gasteiger partial charge in [-0.15, -0.1) is 0 Å². The molecule has 1 aromatic heterocycles. The summed E-state index contributed by atoms with van der Waals surface area (Å²) in [5, 5.41) is 1.08. The first-order valence-electron chi connectivity index (χ1n) is 6.80. The Labute approximate surface area is 118 Å². The standard InChI is InChI=1S/C16H19NO3/c1-3-19-15-8-5-7-14-13(15)10-12-17(14)11-6-9-16(18)20-4-2/h5-10,12H,3-4,11H2,1-2H3/b9-6+. The zero-order valence-electron chi connectivity index (χ0n) is 11.8. The van der Waals surface area contributed by atoms with Crippen LogP contribution in [0.25, 0.3) is 10.9 Å². The van der Waals surface area contributed by atoms with Crippen molar-refractivity contribution < 1.29 is 14.3 Å². The summed E-state index contributed by atoms with van der Waals surface area (Å²) in [4.78, 5) is 11.2. The molecule has 0 unspecified atom stereocenters. The quantitative estimate of drug-likeness (QED) is 0.599. The molecule has 106 valence electrons. The van der Waals surface area contributed by atoms with Crippen molar-refractivity contribution in [1.29, 1.82) is 0 Å². The summed E-state index contributed by atoms with van der Waals surface area (Å²) < 4.78 is 12.5. The number of carbonyl (C=O) groups is 1. The first-order chi connectivity index (χ1) is 9.76. The molecule has 0 N–H and O–H groups in total. The summed E-state index contributed by atoms with van der Waals surface area (Å²) in [5.41, 5.74) is 1.09. The van der Waals surface area contributed by atoms with E-state index in [2.05, 4.69) is 4.57 Å². The maximum Gasteiger partial charge on any atom is 0.330 e. The summed E-state index contributed by atoms with van der Waals surface area (Å²) in [6, 6.07) is 8.00. The zero-order valence-corrected chi connectivity index (χ0v) is 11.8. The van der Waals surface area contributed by atoms with Crippen LogP contribution in [0.2, 0.25) is 0 Å². The number of aromatic nitrogens is 1.